The van der Waals surface area contributed by atoms with E-state index in [1.165, 1.54) is 5.56 Å². The lowest BCUT2D eigenvalue weighted by molar-refractivity contribution is 0.0611. The van der Waals surface area contributed by atoms with Crippen molar-refractivity contribution >= 4 is 0 Å². The molecule has 2 nitrogen and oxygen atoms in total. The molecule has 0 amide bonds. The Morgan fingerprint density at radius 3 is 2.33 bits per heavy atom. The van der Waals surface area contributed by atoms with Gasteiger partial charge in [0, 0.05) is 5.56 Å². The molecule has 0 aliphatic carbocycles. The highest BCUT2D eigenvalue weighted by atomic mass is 16.5. The summed E-state index contributed by atoms with van der Waals surface area (Å²) < 4.78 is 6.44. The van der Waals surface area contributed by atoms with E-state index < -0.39 is 0 Å². The zero-order valence-corrected chi connectivity index (χ0v) is 13.2. The predicted octanol–water partition coefficient (Wildman–Crippen LogP) is 4.56. The third-order valence-electron chi connectivity index (χ3n) is 4.90. The van der Waals surface area contributed by atoms with E-state index in [1.807, 2.05) is 26.8 Å². The minimum atomic E-state index is -0.297. The minimum absolute atomic E-state index is 0.297. The molecule has 0 saturated heterocycles. The average molecular weight is 282 g/mol. The van der Waals surface area contributed by atoms with E-state index in [2.05, 4.69) is 31.2 Å². The summed E-state index contributed by atoms with van der Waals surface area (Å²) in [6, 6.07) is 10.4. The molecule has 1 unspecified atom stereocenters. The summed E-state index contributed by atoms with van der Waals surface area (Å²) in [5.41, 5.74) is 5.00. The molecule has 2 aromatic carbocycles. The fourth-order valence-electron chi connectivity index (χ4n) is 3.24. The summed E-state index contributed by atoms with van der Waals surface area (Å²) in [7, 11) is 0. The maximum atomic E-state index is 10.2. The highest BCUT2D eigenvalue weighted by Crippen LogP contribution is 2.46. The Morgan fingerprint density at radius 1 is 1.00 bits per heavy atom. The Balaban J connectivity index is 2.11. The van der Waals surface area contributed by atoms with Crippen LogP contribution >= 0.6 is 0 Å². The van der Waals surface area contributed by atoms with Gasteiger partial charge in [-0.15, -0.1) is 0 Å². The van der Waals surface area contributed by atoms with Crippen molar-refractivity contribution in [2.45, 2.75) is 46.1 Å². The smallest absolute Gasteiger partial charge is 0.132 e. The van der Waals surface area contributed by atoms with Crippen molar-refractivity contribution in [3.05, 3.63) is 58.1 Å². The van der Waals surface area contributed by atoms with Crippen molar-refractivity contribution in [3.8, 4) is 11.5 Å². The van der Waals surface area contributed by atoms with Crippen molar-refractivity contribution in [2.24, 2.45) is 0 Å². The molecule has 1 N–H and O–H groups in total. The molecule has 1 heterocycles. The second-order valence-electron chi connectivity index (χ2n) is 6.23. The zero-order valence-electron chi connectivity index (χ0n) is 13.2. The Hall–Kier alpha value is -1.96. The van der Waals surface area contributed by atoms with Gasteiger partial charge in [-0.3, -0.25) is 0 Å². The molecule has 1 atom stereocenters. The maximum absolute atomic E-state index is 10.2. The van der Waals surface area contributed by atoms with Crippen LogP contribution in [0.3, 0.4) is 0 Å². The standard InChI is InChI=1S/C19H22O2/c1-12-13(2)18-16(14(3)17(12)20)10-11-19(4,21-18)15-8-6-5-7-9-15/h5-9,20H,10-11H2,1-4H3. The van der Waals surface area contributed by atoms with Crippen LogP contribution < -0.4 is 4.74 Å². The van der Waals surface area contributed by atoms with Crippen LogP contribution in [-0.4, -0.2) is 5.11 Å². The topological polar surface area (TPSA) is 29.5 Å². The minimum Gasteiger partial charge on any atom is -0.507 e. The van der Waals surface area contributed by atoms with Crippen molar-refractivity contribution in [2.75, 3.05) is 0 Å². The number of phenolic OH excluding ortho intramolecular Hbond substituents is 1. The zero-order chi connectivity index (χ0) is 15.2. The van der Waals surface area contributed by atoms with Crippen LogP contribution in [0.4, 0.5) is 0 Å². The van der Waals surface area contributed by atoms with Crippen LogP contribution in [0, 0.1) is 20.8 Å². The summed E-state index contributed by atoms with van der Waals surface area (Å²) >= 11 is 0. The summed E-state index contributed by atoms with van der Waals surface area (Å²) in [4.78, 5) is 0. The van der Waals surface area contributed by atoms with Gasteiger partial charge < -0.3 is 9.84 Å². The number of benzene rings is 2. The summed E-state index contributed by atoms with van der Waals surface area (Å²) in [6.07, 6.45) is 1.86. The molecular weight excluding hydrogens is 260 g/mol. The van der Waals surface area contributed by atoms with E-state index in [0.29, 0.717) is 5.75 Å². The summed E-state index contributed by atoms with van der Waals surface area (Å²) in [5.74, 6) is 1.37. The van der Waals surface area contributed by atoms with Crippen molar-refractivity contribution in [1.82, 2.24) is 0 Å². The van der Waals surface area contributed by atoms with Gasteiger partial charge in [0.2, 0.25) is 0 Å². The molecule has 1 aliphatic rings. The van der Waals surface area contributed by atoms with E-state index in [4.69, 9.17) is 4.74 Å². The second kappa shape index (κ2) is 4.80. The third-order valence-corrected chi connectivity index (χ3v) is 4.90. The van der Waals surface area contributed by atoms with Gasteiger partial charge in [0.15, 0.2) is 0 Å². The summed E-state index contributed by atoms with van der Waals surface area (Å²) in [5, 5.41) is 10.2. The number of rotatable bonds is 1. The molecule has 0 radical (unpaired) electrons. The van der Waals surface area contributed by atoms with Crippen molar-refractivity contribution < 1.29 is 9.84 Å². The fourth-order valence-corrected chi connectivity index (χ4v) is 3.24. The molecule has 2 aromatic rings. The second-order valence-corrected chi connectivity index (χ2v) is 6.23. The van der Waals surface area contributed by atoms with Crippen LogP contribution in [-0.2, 0) is 12.0 Å². The number of fused-ring (bicyclic) bond motifs is 1. The van der Waals surface area contributed by atoms with Crippen molar-refractivity contribution in [3.63, 3.8) is 0 Å². The maximum Gasteiger partial charge on any atom is 0.132 e. The first kappa shape index (κ1) is 14.0. The van der Waals surface area contributed by atoms with Crippen LogP contribution in [0.15, 0.2) is 30.3 Å². The number of phenols is 1. The van der Waals surface area contributed by atoms with E-state index in [-0.39, 0.29) is 5.60 Å². The number of hydrogen-bond donors (Lipinski definition) is 1. The third kappa shape index (κ3) is 2.10. The molecular formula is C19H22O2. The molecule has 110 valence electrons. The van der Waals surface area contributed by atoms with Gasteiger partial charge >= 0.3 is 0 Å². The lowest BCUT2D eigenvalue weighted by atomic mass is 9.83. The number of ether oxygens (including phenoxy) is 1. The molecule has 0 bridgehead atoms. The van der Waals surface area contributed by atoms with Crippen LogP contribution in [0.2, 0.25) is 0 Å². The van der Waals surface area contributed by atoms with Gasteiger partial charge in [-0.25, -0.2) is 0 Å². The van der Waals surface area contributed by atoms with Gasteiger partial charge in [0.1, 0.15) is 17.1 Å². The van der Waals surface area contributed by atoms with Crippen LogP contribution in [0.25, 0.3) is 0 Å². The molecule has 0 fully saturated rings. The normalized spacial score (nSPS) is 20.8. The van der Waals surface area contributed by atoms with Gasteiger partial charge in [-0.1, -0.05) is 30.3 Å². The van der Waals surface area contributed by atoms with Crippen LogP contribution in [0.5, 0.6) is 11.5 Å². The average Bonchev–Trinajstić information content (AvgIpc) is 2.51. The molecule has 0 aromatic heterocycles. The van der Waals surface area contributed by atoms with Crippen molar-refractivity contribution in [1.29, 1.82) is 0 Å². The van der Waals surface area contributed by atoms with E-state index in [9.17, 15) is 5.11 Å². The fraction of sp³-hybridized carbons (Fsp3) is 0.368. The molecule has 1 aliphatic heterocycles. The Bertz CT molecular complexity index is 689. The predicted molar refractivity (Wildman–Crippen MR) is 85.1 cm³/mol. The first-order valence-electron chi connectivity index (χ1n) is 7.50. The molecule has 3 rings (SSSR count). The van der Waals surface area contributed by atoms with E-state index >= 15 is 0 Å². The van der Waals surface area contributed by atoms with Gasteiger partial charge in [0.25, 0.3) is 0 Å². The number of hydrogen-bond acceptors (Lipinski definition) is 2. The largest absolute Gasteiger partial charge is 0.507 e. The molecule has 21 heavy (non-hydrogen) atoms. The van der Waals surface area contributed by atoms with Gasteiger partial charge in [0.05, 0.1) is 0 Å². The molecule has 0 spiro atoms. The molecule has 0 saturated carbocycles. The van der Waals surface area contributed by atoms with Crippen LogP contribution in [0.1, 0.15) is 41.2 Å². The van der Waals surface area contributed by atoms with E-state index in [1.54, 1.807) is 0 Å². The van der Waals surface area contributed by atoms with Gasteiger partial charge in [-0.2, -0.15) is 0 Å². The monoisotopic (exact) mass is 282 g/mol. The number of aromatic hydroxyl groups is 1. The summed E-state index contributed by atoms with van der Waals surface area (Å²) in [6.45, 7) is 8.12. The first-order chi connectivity index (χ1) is 9.94. The quantitative estimate of drug-likeness (QED) is 0.831. The lowest BCUT2D eigenvalue weighted by Crippen LogP contribution is -2.34. The lowest BCUT2D eigenvalue weighted by Gasteiger charge is -2.38. The van der Waals surface area contributed by atoms with E-state index in [0.717, 1.165) is 40.8 Å². The Labute approximate surface area is 126 Å². The Morgan fingerprint density at radius 2 is 1.67 bits per heavy atom. The Kier molecular flexibility index (Phi) is 3.20. The van der Waals surface area contributed by atoms with Gasteiger partial charge in [-0.05, 0) is 62.8 Å². The highest BCUT2D eigenvalue weighted by molar-refractivity contribution is 5.58. The first-order valence-corrected chi connectivity index (χ1v) is 7.50. The molecule has 2 heteroatoms. The highest BCUT2D eigenvalue weighted by Gasteiger charge is 2.35. The SMILES string of the molecule is Cc1c(C)c2c(c(C)c1O)CCC(C)(c1ccccc1)O2.